The van der Waals surface area contributed by atoms with E-state index >= 15 is 0 Å². The zero-order valence-corrected chi connectivity index (χ0v) is 12.8. The van der Waals surface area contributed by atoms with Gasteiger partial charge in [-0.25, -0.2) is 0 Å². The van der Waals surface area contributed by atoms with Gasteiger partial charge in [-0.15, -0.1) is 0 Å². The molecule has 0 aromatic carbocycles. The van der Waals surface area contributed by atoms with Gasteiger partial charge >= 0.3 is 0 Å². The molecular formula is C13H21BrN2O2. The lowest BCUT2D eigenvalue weighted by atomic mass is 9.93. The van der Waals surface area contributed by atoms with Crippen LogP contribution in [0.1, 0.15) is 37.7 Å². The van der Waals surface area contributed by atoms with Gasteiger partial charge in [-0.2, -0.15) is 0 Å². The van der Waals surface area contributed by atoms with Crippen LogP contribution in [0.2, 0.25) is 0 Å². The first kappa shape index (κ1) is 15.2. The molecule has 0 radical (unpaired) electrons. The van der Waals surface area contributed by atoms with Crippen molar-refractivity contribution in [3.8, 4) is 0 Å². The number of carbonyl (C=O) groups excluding carboxylic acids is 1. The zero-order valence-electron chi connectivity index (χ0n) is 11.2. The normalized spacial score (nSPS) is 11.6. The molecule has 0 aliphatic carbocycles. The third-order valence-electron chi connectivity index (χ3n) is 2.74. The number of carbonyl (C=O) groups is 1. The number of nitrogens with two attached hydrogens (primary N) is 1. The first-order valence-corrected chi connectivity index (χ1v) is 6.93. The van der Waals surface area contributed by atoms with E-state index in [1.54, 1.807) is 17.0 Å². The van der Waals surface area contributed by atoms with Crippen molar-refractivity contribution in [2.24, 2.45) is 11.1 Å². The summed E-state index contributed by atoms with van der Waals surface area (Å²) in [5.41, 5.74) is 5.64. The minimum Gasteiger partial charge on any atom is -0.444 e. The molecule has 0 aliphatic rings. The van der Waals surface area contributed by atoms with Crippen LogP contribution in [0.25, 0.3) is 0 Å². The quantitative estimate of drug-likeness (QED) is 0.877. The van der Waals surface area contributed by atoms with E-state index < -0.39 is 0 Å². The highest BCUT2D eigenvalue weighted by Crippen LogP contribution is 2.20. The molecular weight excluding hydrogens is 296 g/mol. The van der Waals surface area contributed by atoms with Crippen LogP contribution in [0, 0.1) is 5.41 Å². The summed E-state index contributed by atoms with van der Waals surface area (Å²) in [4.78, 5) is 14.1. The third-order valence-corrected chi connectivity index (χ3v) is 3.16. The lowest BCUT2D eigenvalue weighted by Crippen LogP contribution is -2.42. The summed E-state index contributed by atoms with van der Waals surface area (Å²) in [7, 11) is 0. The van der Waals surface area contributed by atoms with Crippen LogP contribution in [0.4, 0.5) is 0 Å². The van der Waals surface area contributed by atoms with Crippen LogP contribution in [0.15, 0.2) is 21.2 Å². The minimum absolute atomic E-state index is 0.0796. The molecule has 0 saturated carbocycles. The van der Waals surface area contributed by atoms with Gasteiger partial charge in [0.15, 0.2) is 10.4 Å². The number of amides is 1. The van der Waals surface area contributed by atoms with Crippen molar-refractivity contribution in [2.75, 3.05) is 19.6 Å². The first-order valence-electron chi connectivity index (χ1n) is 6.14. The summed E-state index contributed by atoms with van der Waals surface area (Å²) in [5.74, 6) is 0.284. The zero-order chi connectivity index (χ0) is 13.8. The van der Waals surface area contributed by atoms with E-state index in [9.17, 15) is 4.79 Å². The molecule has 4 nitrogen and oxygen atoms in total. The van der Waals surface area contributed by atoms with Crippen LogP contribution in [0.3, 0.4) is 0 Å². The maximum absolute atomic E-state index is 12.3. The van der Waals surface area contributed by atoms with Gasteiger partial charge in [0.25, 0.3) is 5.91 Å². The Morgan fingerprint density at radius 3 is 2.61 bits per heavy atom. The molecule has 5 heteroatoms. The Kier molecular flexibility index (Phi) is 5.41. The van der Waals surface area contributed by atoms with Crippen molar-refractivity contribution in [1.82, 2.24) is 4.90 Å². The lowest BCUT2D eigenvalue weighted by Gasteiger charge is -2.31. The fourth-order valence-corrected chi connectivity index (χ4v) is 2.00. The number of halogens is 1. The predicted molar refractivity (Wildman–Crippen MR) is 75.4 cm³/mol. The van der Waals surface area contributed by atoms with E-state index in [0.717, 1.165) is 6.42 Å². The second-order valence-electron chi connectivity index (χ2n) is 5.20. The molecule has 102 valence electrons. The van der Waals surface area contributed by atoms with Gasteiger partial charge in [0, 0.05) is 13.1 Å². The van der Waals surface area contributed by atoms with Crippen molar-refractivity contribution >= 4 is 21.8 Å². The minimum atomic E-state index is -0.0886. The molecule has 1 amide bonds. The Morgan fingerprint density at radius 1 is 1.50 bits per heavy atom. The molecule has 1 heterocycles. The molecule has 0 atom stereocenters. The maximum atomic E-state index is 12.3. The molecule has 1 aromatic heterocycles. The Labute approximate surface area is 117 Å². The first-order chi connectivity index (χ1) is 8.39. The van der Waals surface area contributed by atoms with Gasteiger partial charge in [-0.1, -0.05) is 20.8 Å². The molecule has 1 rings (SSSR count). The summed E-state index contributed by atoms with van der Waals surface area (Å²) in [6.45, 7) is 8.05. The average molecular weight is 317 g/mol. The molecule has 0 fully saturated rings. The van der Waals surface area contributed by atoms with Gasteiger partial charge in [0.2, 0.25) is 0 Å². The van der Waals surface area contributed by atoms with E-state index in [1.165, 1.54) is 0 Å². The van der Waals surface area contributed by atoms with Crippen LogP contribution in [-0.4, -0.2) is 30.4 Å². The van der Waals surface area contributed by atoms with Crippen molar-refractivity contribution in [3.63, 3.8) is 0 Å². The number of hydrogen-bond donors (Lipinski definition) is 1. The highest BCUT2D eigenvalue weighted by Gasteiger charge is 2.25. The summed E-state index contributed by atoms with van der Waals surface area (Å²) in [5, 5.41) is 0. The van der Waals surface area contributed by atoms with E-state index in [4.69, 9.17) is 10.2 Å². The van der Waals surface area contributed by atoms with Crippen molar-refractivity contribution in [1.29, 1.82) is 0 Å². The van der Waals surface area contributed by atoms with E-state index in [1.807, 2.05) is 6.92 Å². The second kappa shape index (κ2) is 6.38. The topological polar surface area (TPSA) is 59.5 Å². The number of nitrogens with zero attached hydrogens (tertiary/aromatic N) is 1. The highest BCUT2D eigenvalue weighted by atomic mass is 79.9. The highest BCUT2D eigenvalue weighted by molar-refractivity contribution is 9.10. The number of rotatable bonds is 6. The standard InChI is InChI=1S/C13H21BrN2O2/c1-4-7-16(9-13(2,3)8-15)12(17)10-5-6-11(14)18-10/h5-6H,4,7-9,15H2,1-3H3. The van der Waals surface area contributed by atoms with Gasteiger partial charge < -0.3 is 15.1 Å². The van der Waals surface area contributed by atoms with Crippen molar-refractivity contribution < 1.29 is 9.21 Å². The van der Waals surface area contributed by atoms with Gasteiger partial charge in [-0.3, -0.25) is 4.79 Å². The van der Waals surface area contributed by atoms with Crippen LogP contribution < -0.4 is 5.73 Å². The van der Waals surface area contributed by atoms with Gasteiger partial charge in [0.1, 0.15) is 0 Å². The fourth-order valence-electron chi connectivity index (χ4n) is 1.69. The number of hydrogen-bond acceptors (Lipinski definition) is 3. The third kappa shape index (κ3) is 4.14. The summed E-state index contributed by atoms with van der Waals surface area (Å²) in [6.07, 6.45) is 0.911. The average Bonchev–Trinajstić information content (AvgIpc) is 2.74. The van der Waals surface area contributed by atoms with Crippen LogP contribution in [0.5, 0.6) is 0 Å². The van der Waals surface area contributed by atoms with E-state index in [2.05, 4.69) is 29.8 Å². The largest absolute Gasteiger partial charge is 0.444 e. The predicted octanol–water partition coefficient (Wildman–Crippen LogP) is 2.88. The monoisotopic (exact) mass is 316 g/mol. The fraction of sp³-hybridized carbons (Fsp3) is 0.615. The Balaban J connectivity index is 2.81. The maximum Gasteiger partial charge on any atom is 0.289 e. The lowest BCUT2D eigenvalue weighted by molar-refractivity contribution is 0.0656. The molecule has 0 spiro atoms. The van der Waals surface area contributed by atoms with Crippen molar-refractivity contribution in [3.05, 3.63) is 22.6 Å². The summed E-state index contributed by atoms with van der Waals surface area (Å²) in [6, 6.07) is 3.41. The number of furan rings is 1. The Bertz CT molecular complexity index is 401. The van der Waals surface area contributed by atoms with E-state index in [0.29, 0.717) is 30.1 Å². The molecule has 18 heavy (non-hydrogen) atoms. The summed E-state index contributed by atoms with van der Waals surface area (Å²) >= 11 is 3.21. The molecule has 0 saturated heterocycles. The van der Waals surface area contributed by atoms with Crippen LogP contribution in [-0.2, 0) is 0 Å². The SMILES string of the molecule is CCCN(CC(C)(C)CN)C(=O)c1ccc(Br)o1. The molecule has 0 bridgehead atoms. The van der Waals surface area contributed by atoms with Crippen LogP contribution >= 0.6 is 15.9 Å². The molecule has 0 aliphatic heterocycles. The second-order valence-corrected chi connectivity index (χ2v) is 5.98. The van der Waals surface area contributed by atoms with Crippen molar-refractivity contribution in [2.45, 2.75) is 27.2 Å². The molecule has 1 aromatic rings. The smallest absolute Gasteiger partial charge is 0.289 e. The summed E-state index contributed by atoms with van der Waals surface area (Å²) < 4.78 is 5.88. The molecule has 0 unspecified atom stereocenters. The van der Waals surface area contributed by atoms with E-state index in [-0.39, 0.29) is 11.3 Å². The Morgan fingerprint density at radius 2 is 2.17 bits per heavy atom. The molecule has 2 N–H and O–H groups in total. The Hall–Kier alpha value is -0.810. The van der Waals surface area contributed by atoms with Gasteiger partial charge in [0.05, 0.1) is 0 Å². The van der Waals surface area contributed by atoms with Gasteiger partial charge in [-0.05, 0) is 46.4 Å².